The van der Waals surface area contributed by atoms with Crippen molar-refractivity contribution in [3.05, 3.63) is 45.4 Å². The molecule has 0 saturated heterocycles. The number of nitrogens with one attached hydrogen (secondary N) is 1. The molecule has 112 valence electrons. The molecule has 0 radical (unpaired) electrons. The minimum Gasteiger partial charge on any atom is -0.508 e. The van der Waals surface area contributed by atoms with Crippen LogP contribution < -0.4 is 10.1 Å². The minimum absolute atomic E-state index is 0.0119. The van der Waals surface area contributed by atoms with E-state index in [1.807, 2.05) is 6.92 Å². The minimum atomic E-state index is -0.165. The summed E-state index contributed by atoms with van der Waals surface area (Å²) in [6, 6.07) is 7.79. The Morgan fingerprint density at radius 3 is 2.33 bits per heavy atom. The number of halogens is 2. The van der Waals surface area contributed by atoms with Crippen LogP contribution in [0.2, 0.25) is 5.02 Å². The predicted molar refractivity (Wildman–Crippen MR) is 87.5 cm³/mol. The summed E-state index contributed by atoms with van der Waals surface area (Å²) in [6.45, 7) is 1.91. The molecule has 4 nitrogen and oxygen atoms in total. The maximum Gasteiger partial charge on any atom is 0.156 e. The molecule has 6 heteroatoms. The molecular formula is C15H15BrClNO3. The summed E-state index contributed by atoms with van der Waals surface area (Å²) in [4.78, 5) is 0. The molecule has 0 heterocycles. The molecule has 0 amide bonds. The Labute approximate surface area is 136 Å². The lowest BCUT2D eigenvalue weighted by Crippen LogP contribution is -2.08. The molecule has 2 rings (SSSR count). The van der Waals surface area contributed by atoms with Crippen LogP contribution >= 0.6 is 27.5 Å². The molecule has 1 atom stereocenters. The van der Waals surface area contributed by atoms with E-state index < -0.39 is 0 Å². The molecule has 0 aliphatic carbocycles. The number of aromatic hydroxyl groups is 2. The maximum atomic E-state index is 9.56. The van der Waals surface area contributed by atoms with Gasteiger partial charge in [0.2, 0.25) is 0 Å². The lowest BCUT2D eigenvalue weighted by atomic mass is 10.1. The van der Waals surface area contributed by atoms with Crippen molar-refractivity contribution < 1.29 is 14.9 Å². The van der Waals surface area contributed by atoms with Crippen molar-refractivity contribution in [1.82, 2.24) is 0 Å². The third kappa shape index (κ3) is 3.74. The summed E-state index contributed by atoms with van der Waals surface area (Å²) < 4.78 is 6.09. The highest BCUT2D eigenvalue weighted by Gasteiger charge is 2.14. The van der Waals surface area contributed by atoms with Gasteiger partial charge in [0.1, 0.15) is 11.5 Å². The van der Waals surface area contributed by atoms with Crippen molar-refractivity contribution in [2.45, 2.75) is 13.0 Å². The molecule has 3 N–H and O–H groups in total. The Hall–Kier alpha value is -1.59. The van der Waals surface area contributed by atoms with Gasteiger partial charge in [0.05, 0.1) is 17.3 Å². The Morgan fingerprint density at radius 1 is 1.14 bits per heavy atom. The standard InChI is InChI=1S/C15H15BrClNO3/c1-8(9-3-11(19)7-12(20)4-9)18-14-6-10(17)5-13(16)15(14)21-2/h3-8,18-20H,1-2H3. The molecule has 0 aliphatic rings. The second-order valence-corrected chi connectivity index (χ2v) is 5.91. The van der Waals surface area contributed by atoms with Crippen LogP contribution in [0.15, 0.2) is 34.8 Å². The number of rotatable bonds is 4. The van der Waals surface area contributed by atoms with E-state index in [1.165, 1.54) is 6.07 Å². The highest BCUT2D eigenvalue weighted by atomic mass is 79.9. The molecule has 21 heavy (non-hydrogen) atoms. The average Bonchev–Trinajstić information content (AvgIpc) is 2.37. The molecule has 2 aromatic carbocycles. The van der Waals surface area contributed by atoms with Crippen molar-refractivity contribution >= 4 is 33.2 Å². The topological polar surface area (TPSA) is 61.7 Å². The van der Waals surface area contributed by atoms with Gasteiger partial charge < -0.3 is 20.3 Å². The molecular weight excluding hydrogens is 358 g/mol. The van der Waals surface area contributed by atoms with Gasteiger partial charge in [-0.05, 0) is 52.7 Å². The van der Waals surface area contributed by atoms with E-state index in [9.17, 15) is 10.2 Å². The molecule has 0 saturated carbocycles. The molecule has 0 aliphatic heterocycles. The van der Waals surface area contributed by atoms with Crippen LogP contribution in [0.5, 0.6) is 17.2 Å². The molecule has 0 spiro atoms. The lowest BCUT2D eigenvalue weighted by molar-refractivity contribution is 0.413. The van der Waals surface area contributed by atoms with Gasteiger partial charge in [-0.25, -0.2) is 0 Å². The first-order valence-electron chi connectivity index (χ1n) is 6.23. The van der Waals surface area contributed by atoms with Crippen molar-refractivity contribution in [2.75, 3.05) is 12.4 Å². The van der Waals surface area contributed by atoms with Crippen molar-refractivity contribution in [1.29, 1.82) is 0 Å². The Morgan fingerprint density at radius 2 is 1.76 bits per heavy atom. The second kappa shape index (κ2) is 6.45. The zero-order chi connectivity index (χ0) is 15.6. The number of methoxy groups -OCH3 is 1. The fourth-order valence-electron chi connectivity index (χ4n) is 2.06. The van der Waals surface area contributed by atoms with Crippen molar-refractivity contribution in [3.63, 3.8) is 0 Å². The van der Waals surface area contributed by atoms with E-state index in [-0.39, 0.29) is 17.5 Å². The Bertz CT molecular complexity index is 643. The first kappa shape index (κ1) is 15.8. The fraction of sp³-hybridized carbons (Fsp3) is 0.200. The monoisotopic (exact) mass is 371 g/mol. The first-order valence-corrected chi connectivity index (χ1v) is 7.40. The summed E-state index contributed by atoms with van der Waals surface area (Å²) in [6.07, 6.45) is 0. The third-order valence-corrected chi connectivity index (χ3v) is 3.82. The van der Waals surface area contributed by atoms with Gasteiger partial charge in [0.15, 0.2) is 5.75 Å². The third-order valence-electron chi connectivity index (χ3n) is 3.01. The molecule has 0 aromatic heterocycles. The van der Waals surface area contributed by atoms with Gasteiger partial charge in [0, 0.05) is 17.1 Å². The van der Waals surface area contributed by atoms with E-state index in [1.54, 1.807) is 31.4 Å². The summed E-state index contributed by atoms with van der Waals surface area (Å²) >= 11 is 9.45. The van der Waals surface area contributed by atoms with Gasteiger partial charge in [0.25, 0.3) is 0 Å². The average molecular weight is 373 g/mol. The maximum absolute atomic E-state index is 9.56. The van der Waals surface area contributed by atoms with Crippen LogP contribution in [0.25, 0.3) is 0 Å². The van der Waals surface area contributed by atoms with Gasteiger partial charge >= 0.3 is 0 Å². The van der Waals surface area contributed by atoms with Crippen LogP contribution in [0.1, 0.15) is 18.5 Å². The van der Waals surface area contributed by atoms with E-state index in [0.29, 0.717) is 16.5 Å². The summed E-state index contributed by atoms with van der Waals surface area (Å²) in [7, 11) is 1.57. The van der Waals surface area contributed by atoms with Gasteiger partial charge in [-0.2, -0.15) is 0 Å². The van der Waals surface area contributed by atoms with Crippen LogP contribution in [-0.4, -0.2) is 17.3 Å². The van der Waals surface area contributed by atoms with Gasteiger partial charge in [-0.1, -0.05) is 11.6 Å². The highest BCUT2D eigenvalue weighted by Crippen LogP contribution is 2.38. The van der Waals surface area contributed by atoms with Crippen LogP contribution in [0, 0.1) is 0 Å². The highest BCUT2D eigenvalue weighted by molar-refractivity contribution is 9.10. The normalized spacial score (nSPS) is 12.0. The number of benzene rings is 2. The van der Waals surface area contributed by atoms with Gasteiger partial charge in [-0.3, -0.25) is 0 Å². The number of phenolic OH excluding ortho intramolecular Hbond substituents is 2. The van der Waals surface area contributed by atoms with E-state index >= 15 is 0 Å². The first-order chi connectivity index (χ1) is 9.90. The second-order valence-electron chi connectivity index (χ2n) is 4.62. The number of phenols is 2. The van der Waals surface area contributed by atoms with E-state index in [0.717, 1.165) is 10.0 Å². The Balaban J connectivity index is 2.33. The van der Waals surface area contributed by atoms with Crippen LogP contribution in [0.4, 0.5) is 5.69 Å². The molecule has 0 fully saturated rings. The largest absolute Gasteiger partial charge is 0.508 e. The molecule has 2 aromatic rings. The predicted octanol–water partition coefficient (Wildman–Crippen LogP) is 4.70. The fourth-order valence-corrected chi connectivity index (χ4v) is 3.03. The van der Waals surface area contributed by atoms with Crippen LogP contribution in [-0.2, 0) is 0 Å². The summed E-state index contributed by atoms with van der Waals surface area (Å²) in [5, 5.41) is 22.9. The number of hydrogen-bond donors (Lipinski definition) is 3. The van der Waals surface area contributed by atoms with Crippen molar-refractivity contribution in [2.24, 2.45) is 0 Å². The lowest BCUT2D eigenvalue weighted by Gasteiger charge is -2.19. The number of ether oxygens (including phenoxy) is 1. The van der Waals surface area contributed by atoms with Crippen molar-refractivity contribution in [3.8, 4) is 17.2 Å². The smallest absolute Gasteiger partial charge is 0.156 e. The zero-order valence-electron chi connectivity index (χ0n) is 11.5. The zero-order valence-corrected chi connectivity index (χ0v) is 13.9. The summed E-state index contributed by atoms with van der Waals surface area (Å²) in [5.41, 5.74) is 1.46. The molecule has 0 bridgehead atoms. The number of anilines is 1. The van der Waals surface area contributed by atoms with Crippen LogP contribution in [0.3, 0.4) is 0 Å². The quantitative estimate of drug-likeness (QED) is 0.728. The van der Waals surface area contributed by atoms with E-state index in [2.05, 4.69) is 21.2 Å². The number of hydrogen-bond acceptors (Lipinski definition) is 4. The van der Waals surface area contributed by atoms with E-state index in [4.69, 9.17) is 16.3 Å². The SMILES string of the molecule is COc1c(Br)cc(Cl)cc1NC(C)c1cc(O)cc(O)c1. The molecule has 1 unspecified atom stereocenters. The Kier molecular flexibility index (Phi) is 4.85. The summed E-state index contributed by atoms with van der Waals surface area (Å²) in [5.74, 6) is 0.659. The van der Waals surface area contributed by atoms with Gasteiger partial charge in [-0.15, -0.1) is 0 Å².